The van der Waals surface area contributed by atoms with Crippen LogP contribution in [0.25, 0.3) is 0 Å². The van der Waals surface area contributed by atoms with Crippen LogP contribution in [0.15, 0.2) is 54.6 Å². The standard InChI is InChI=1S/C26H37NO2S/c1-2-3-4-5-6-7-8-9-10-14-21-30-25(22-15-12-11-13-16-22)26(29)27-23-17-19-24(28)20-18-23/h11-13,15-20,25,28H,2-10,14,21H2,1H3,(H,27,29). The molecule has 0 heterocycles. The Morgan fingerprint density at radius 1 is 0.833 bits per heavy atom. The number of carbonyl (C=O) groups excluding carboxylic acids is 1. The molecular weight excluding hydrogens is 390 g/mol. The van der Waals surface area contributed by atoms with E-state index in [1.54, 1.807) is 36.0 Å². The molecule has 1 unspecified atom stereocenters. The van der Waals surface area contributed by atoms with E-state index in [4.69, 9.17) is 0 Å². The number of hydrogen-bond acceptors (Lipinski definition) is 3. The first kappa shape index (κ1) is 24.3. The lowest BCUT2D eigenvalue weighted by Gasteiger charge is -2.17. The van der Waals surface area contributed by atoms with Crippen molar-refractivity contribution in [3.05, 3.63) is 60.2 Å². The highest BCUT2D eigenvalue weighted by atomic mass is 32.2. The van der Waals surface area contributed by atoms with Gasteiger partial charge in [0.15, 0.2) is 0 Å². The van der Waals surface area contributed by atoms with Gasteiger partial charge in [-0.25, -0.2) is 0 Å². The zero-order valence-electron chi connectivity index (χ0n) is 18.3. The number of phenolic OH excluding ortho intramolecular Hbond substituents is 1. The van der Waals surface area contributed by atoms with E-state index >= 15 is 0 Å². The van der Waals surface area contributed by atoms with Gasteiger partial charge in [0.1, 0.15) is 11.0 Å². The molecule has 0 aliphatic rings. The van der Waals surface area contributed by atoms with Gasteiger partial charge >= 0.3 is 0 Å². The monoisotopic (exact) mass is 427 g/mol. The van der Waals surface area contributed by atoms with Gasteiger partial charge in [-0.15, -0.1) is 11.8 Å². The molecule has 1 amide bonds. The number of benzene rings is 2. The number of rotatable bonds is 15. The fraction of sp³-hybridized carbons (Fsp3) is 0.500. The quantitative estimate of drug-likeness (QED) is 0.226. The Morgan fingerprint density at radius 2 is 1.40 bits per heavy atom. The van der Waals surface area contributed by atoms with Crippen LogP contribution in [-0.4, -0.2) is 16.8 Å². The highest BCUT2D eigenvalue weighted by Gasteiger charge is 2.21. The normalized spacial score (nSPS) is 11.9. The van der Waals surface area contributed by atoms with Crippen molar-refractivity contribution >= 4 is 23.4 Å². The number of hydrogen-bond donors (Lipinski definition) is 2. The third-order valence-electron chi connectivity index (χ3n) is 5.26. The summed E-state index contributed by atoms with van der Waals surface area (Å²) in [5, 5.41) is 12.2. The van der Waals surface area contributed by atoms with Gasteiger partial charge in [-0.1, -0.05) is 95.0 Å². The third-order valence-corrected chi connectivity index (χ3v) is 6.60. The molecule has 3 nitrogen and oxygen atoms in total. The molecule has 30 heavy (non-hydrogen) atoms. The first-order valence-corrected chi connectivity index (χ1v) is 12.5. The zero-order valence-corrected chi connectivity index (χ0v) is 19.1. The first-order valence-electron chi connectivity index (χ1n) is 11.5. The minimum atomic E-state index is -0.224. The minimum Gasteiger partial charge on any atom is -0.508 e. The van der Waals surface area contributed by atoms with Crippen LogP contribution >= 0.6 is 11.8 Å². The molecule has 0 radical (unpaired) electrons. The van der Waals surface area contributed by atoms with Gasteiger partial charge in [0.05, 0.1) is 0 Å². The summed E-state index contributed by atoms with van der Waals surface area (Å²) in [6.07, 6.45) is 13.2. The van der Waals surface area contributed by atoms with Gasteiger partial charge < -0.3 is 10.4 Å². The fourth-order valence-corrected chi connectivity index (χ4v) is 4.66. The molecule has 0 aliphatic carbocycles. The molecule has 164 valence electrons. The summed E-state index contributed by atoms with van der Waals surface area (Å²) in [6, 6.07) is 16.6. The molecule has 0 spiro atoms. The van der Waals surface area contributed by atoms with E-state index in [1.807, 2.05) is 30.3 Å². The van der Waals surface area contributed by atoms with Crippen LogP contribution in [0.1, 0.15) is 81.9 Å². The number of thioether (sulfide) groups is 1. The molecule has 0 aromatic heterocycles. The van der Waals surface area contributed by atoms with E-state index in [9.17, 15) is 9.90 Å². The molecule has 2 N–H and O–H groups in total. The number of carbonyl (C=O) groups is 1. The summed E-state index contributed by atoms with van der Waals surface area (Å²) in [5.74, 6) is 1.17. The zero-order chi connectivity index (χ0) is 21.4. The Hall–Kier alpha value is -1.94. The van der Waals surface area contributed by atoms with Crippen LogP contribution < -0.4 is 5.32 Å². The SMILES string of the molecule is CCCCCCCCCCCCSC(C(=O)Nc1ccc(O)cc1)c1ccccc1. The highest BCUT2D eigenvalue weighted by Crippen LogP contribution is 2.31. The first-order chi connectivity index (χ1) is 14.7. The molecule has 0 bridgehead atoms. The van der Waals surface area contributed by atoms with Crippen LogP contribution in [0.4, 0.5) is 5.69 Å². The molecule has 2 aromatic rings. The highest BCUT2D eigenvalue weighted by molar-refractivity contribution is 8.00. The second kappa shape index (κ2) is 15.0. The number of nitrogens with one attached hydrogen (secondary N) is 1. The predicted octanol–water partition coefficient (Wildman–Crippen LogP) is 7.73. The molecule has 0 aliphatic heterocycles. The number of phenols is 1. The van der Waals surface area contributed by atoms with Crippen molar-refractivity contribution in [2.24, 2.45) is 0 Å². The summed E-state index contributed by atoms with van der Waals surface area (Å²) in [4.78, 5) is 12.9. The van der Waals surface area contributed by atoms with Crippen molar-refractivity contribution in [3.8, 4) is 5.75 Å². The van der Waals surface area contributed by atoms with Crippen molar-refractivity contribution in [2.45, 2.75) is 76.4 Å². The second-order valence-corrected chi connectivity index (χ2v) is 9.09. The van der Waals surface area contributed by atoms with E-state index < -0.39 is 0 Å². The van der Waals surface area contributed by atoms with Gasteiger partial charge in [0.2, 0.25) is 5.91 Å². The Balaban J connectivity index is 1.72. The van der Waals surface area contributed by atoms with Crippen molar-refractivity contribution < 1.29 is 9.90 Å². The maximum atomic E-state index is 12.9. The molecule has 0 fully saturated rings. The molecule has 0 saturated heterocycles. The average Bonchev–Trinajstić information content (AvgIpc) is 2.77. The van der Waals surface area contributed by atoms with Crippen molar-refractivity contribution in [2.75, 3.05) is 11.1 Å². The Labute approximate surface area is 186 Å². The minimum absolute atomic E-state index is 0.0102. The summed E-state index contributed by atoms with van der Waals surface area (Å²) >= 11 is 1.72. The van der Waals surface area contributed by atoms with Gasteiger partial charge in [-0.2, -0.15) is 0 Å². The van der Waals surface area contributed by atoms with Gasteiger partial charge in [-0.05, 0) is 42.0 Å². The maximum Gasteiger partial charge on any atom is 0.241 e. The molecule has 2 aromatic carbocycles. The molecular formula is C26H37NO2S. The molecule has 1 atom stereocenters. The van der Waals surface area contributed by atoms with E-state index in [2.05, 4.69) is 12.2 Å². The van der Waals surface area contributed by atoms with Gasteiger partial charge in [0.25, 0.3) is 0 Å². The summed E-state index contributed by atoms with van der Waals surface area (Å²) in [5.41, 5.74) is 1.74. The number of unbranched alkanes of at least 4 members (excludes halogenated alkanes) is 9. The lowest BCUT2D eigenvalue weighted by atomic mass is 10.1. The largest absolute Gasteiger partial charge is 0.508 e. The van der Waals surface area contributed by atoms with Crippen molar-refractivity contribution in [3.63, 3.8) is 0 Å². The smallest absolute Gasteiger partial charge is 0.241 e. The van der Waals surface area contributed by atoms with Gasteiger partial charge in [0, 0.05) is 5.69 Å². The van der Waals surface area contributed by atoms with E-state index in [1.165, 1.54) is 57.8 Å². The molecule has 2 rings (SSSR count). The number of aromatic hydroxyl groups is 1. The van der Waals surface area contributed by atoms with Crippen LogP contribution in [0, 0.1) is 0 Å². The van der Waals surface area contributed by atoms with Crippen molar-refractivity contribution in [1.82, 2.24) is 0 Å². The van der Waals surface area contributed by atoms with E-state index in [-0.39, 0.29) is 16.9 Å². The van der Waals surface area contributed by atoms with Crippen LogP contribution in [0.2, 0.25) is 0 Å². The molecule has 4 heteroatoms. The fourth-order valence-electron chi connectivity index (χ4n) is 3.49. The second-order valence-electron chi connectivity index (χ2n) is 7.88. The van der Waals surface area contributed by atoms with E-state index in [0.717, 1.165) is 17.7 Å². The lowest BCUT2D eigenvalue weighted by molar-refractivity contribution is -0.115. The van der Waals surface area contributed by atoms with Crippen LogP contribution in [-0.2, 0) is 4.79 Å². The lowest BCUT2D eigenvalue weighted by Crippen LogP contribution is -2.19. The maximum absolute atomic E-state index is 12.9. The molecule has 0 saturated carbocycles. The van der Waals surface area contributed by atoms with Gasteiger partial charge in [-0.3, -0.25) is 4.79 Å². The average molecular weight is 428 g/mol. The van der Waals surface area contributed by atoms with Crippen molar-refractivity contribution in [1.29, 1.82) is 0 Å². The van der Waals surface area contributed by atoms with Crippen LogP contribution in [0.3, 0.4) is 0 Å². The predicted molar refractivity (Wildman–Crippen MR) is 130 cm³/mol. The Bertz CT molecular complexity index is 703. The van der Waals surface area contributed by atoms with Crippen LogP contribution in [0.5, 0.6) is 5.75 Å². The number of amides is 1. The summed E-state index contributed by atoms with van der Waals surface area (Å²) < 4.78 is 0. The number of anilines is 1. The Morgan fingerprint density at radius 3 is 2.00 bits per heavy atom. The Kier molecular flexibility index (Phi) is 12.1. The summed E-state index contributed by atoms with van der Waals surface area (Å²) in [6.45, 7) is 2.26. The van der Waals surface area contributed by atoms with E-state index in [0.29, 0.717) is 5.69 Å². The summed E-state index contributed by atoms with van der Waals surface area (Å²) in [7, 11) is 0. The third kappa shape index (κ3) is 9.71. The topological polar surface area (TPSA) is 49.3 Å².